The zero-order chi connectivity index (χ0) is 6.81. The molecule has 0 saturated heterocycles. The Bertz CT molecular complexity index is 247. The van der Waals surface area contributed by atoms with Crippen molar-refractivity contribution in [3.8, 4) is 9.75 Å². The molecule has 0 aliphatic heterocycles. The topological polar surface area (TPSA) is 0 Å². The van der Waals surface area contributed by atoms with Crippen molar-refractivity contribution < 1.29 is 0 Å². The third-order valence-electron chi connectivity index (χ3n) is 1.18. The maximum atomic E-state index is 3.05. The van der Waals surface area contributed by atoms with Crippen molar-refractivity contribution in [1.82, 2.24) is 0 Å². The second-order valence-electron chi connectivity index (χ2n) is 1.83. The molecule has 0 nitrogen and oxygen atoms in total. The molecule has 0 aromatic carbocycles. The smallest absolute Gasteiger partial charge is 0.0449 e. The first-order valence-corrected chi connectivity index (χ1v) is 4.57. The van der Waals surface area contributed by atoms with Crippen molar-refractivity contribution >= 4 is 22.7 Å². The maximum absolute atomic E-state index is 3.05. The van der Waals surface area contributed by atoms with Crippen LogP contribution in [-0.2, 0) is 0 Å². The molecule has 2 rings (SSSR count). The van der Waals surface area contributed by atoms with Crippen LogP contribution in [0.1, 0.15) is 0 Å². The molecule has 48 valence electrons. The van der Waals surface area contributed by atoms with Gasteiger partial charge in [-0.2, -0.15) is 0 Å². The lowest BCUT2D eigenvalue weighted by Gasteiger charge is -1.84. The molecule has 0 spiro atoms. The summed E-state index contributed by atoms with van der Waals surface area (Å²) in [6, 6.07) is 9.05. The molecule has 0 amide bonds. The van der Waals surface area contributed by atoms with Gasteiger partial charge in [0.15, 0.2) is 0 Å². The monoisotopic (exact) mass is 164 g/mol. The van der Waals surface area contributed by atoms with E-state index < -0.39 is 0 Å². The Labute approximate surface area is 67.8 Å². The van der Waals surface area contributed by atoms with Crippen LogP contribution < -0.4 is 0 Å². The molecule has 2 radical (unpaired) electrons. The molecule has 0 saturated carbocycles. The van der Waals surface area contributed by atoms with Crippen LogP contribution in [0.15, 0.2) is 23.6 Å². The SMILES string of the molecule is [c]1csc(-c2cc[c]s2)c1. The summed E-state index contributed by atoms with van der Waals surface area (Å²) in [5.41, 5.74) is 0. The summed E-state index contributed by atoms with van der Waals surface area (Å²) in [6.45, 7) is 0. The summed E-state index contributed by atoms with van der Waals surface area (Å²) >= 11 is 3.36. The fourth-order valence-electron chi connectivity index (χ4n) is 0.744. The van der Waals surface area contributed by atoms with Crippen molar-refractivity contribution in [2.45, 2.75) is 0 Å². The summed E-state index contributed by atoms with van der Waals surface area (Å²) in [4.78, 5) is 2.57. The third-order valence-corrected chi connectivity index (χ3v) is 2.99. The average molecular weight is 164 g/mol. The van der Waals surface area contributed by atoms with Crippen LogP contribution in [0.4, 0.5) is 0 Å². The molecular formula is C8H4S2. The van der Waals surface area contributed by atoms with Gasteiger partial charge in [-0.15, -0.1) is 22.7 Å². The third kappa shape index (κ3) is 1.00. The minimum atomic E-state index is 1.28. The highest BCUT2D eigenvalue weighted by molar-refractivity contribution is 7.20. The highest BCUT2D eigenvalue weighted by Crippen LogP contribution is 2.27. The summed E-state index contributed by atoms with van der Waals surface area (Å²) in [7, 11) is 0. The van der Waals surface area contributed by atoms with Gasteiger partial charge in [-0.3, -0.25) is 0 Å². The van der Waals surface area contributed by atoms with Crippen LogP contribution in [0.5, 0.6) is 0 Å². The Hall–Kier alpha value is -0.600. The van der Waals surface area contributed by atoms with Crippen LogP contribution in [-0.4, -0.2) is 0 Å². The molecule has 2 heterocycles. The maximum Gasteiger partial charge on any atom is 0.0449 e. The van der Waals surface area contributed by atoms with Crippen molar-refractivity contribution in [1.29, 1.82) is 0 Å². The first-order chi connectivity index (χ1) is 4.97. The lowest BCUT2D eigenvalue weighted by Crippen LogP contribution is -1.55. The molecule has 0 unspecified atom stereocenters. The van der Waals surface area contributed by atoms with E-state index >= 15 is 0 Å². The highest BCUT2D eigenvalue weighted by atomic mass is 32.1. The fourth-order valence-corrected chi connectivity index (χ4v) is 2.16. The van der Waals surface area contributed by atoms with Crippen LogP contribution in [0.3, 0.4) is 0 Å². The van der Waals surface area contributed by atoms with Gasteiger partial charge in [0, 0.05) is 15.1 Å². The predicted octanol–water partition coefficient (Wildman–Crippen LogP) is 3.08. The van der Waals surface area contributed by atoms with Crippen LogP contribution >= 0.6 is 22.7 Å². The summed E-state index contributed by atoms with van der Waals surface area (Å²) in [5, 5.41) is 5.02. The van der Waals surface area contributed by atoms with Gasteiger partial charge in [-0.1, -0.05) is 0 Å². The van der Waals surface area contributed by atoms with Gasteiger partial charge >= 0.3 is 0 Å². The zero-order valence-electron chi connectivity index (χ0n) is 5.13. The van der Waals surface area contributed by atoms with E-state index in [9.17, 15) is 0 Å². The van der Waals surface area contributed by atoms with Crippen molar-refractivity contribution in [2.24, 2.45) is 0 Å². The normalized spacial score (nSPS) is 10.0. The molecule has 0 atom stereocenters. The average Bonchev–Trinajstić information content (AvgIpc) is 2.59. The molecule has 0 bridgehead atoms. The number of rotatable bonds is 1. The first-order valence-electron chi connectivity index (χ1n) is 2.87. The van der Waals surface area contributed by atoms with E-state index in [1.54, 1.807) is 22.7 Å². The Balaban J connectivity index is 2.48. The van der Waals surface area contributed by atoms with Gasteiger partial charge < -0.3 is 0 Å². The van der Waals surface area contributed by atoms with E-state index in [2.05, 4.69) is 17.5 Å². The first kappa shape index (κ1) is 6.13. The van der Waals surface area contributed by atoms with Crippen LogP contribution in [0.25, 0.3) is 9.75 Å². The standard InChI is InChI=1S/C8H4S2/c1-3-7(9-5-1)8-4-2-6-10-8/h1,3-4,6H. The largest absolute Gasteiger partial charge is 0.142 e. The van der Waals surface area contributed by atoms with E-state index in [4.69, 9.17) is 0 Å². The van der Waals surface area contributed by atoms with Gasteiger partial charge in [0.25, 0.3) is 0 Å². The zero-order valence-corrected chi connectivity index (χ0v) is 6.76. The Kier molecular flexibility index (Phi) is 1.57. The second kappa shape index (κ2) is 2.56. The Morgan fingerprint density at radius 2 is 2.30 bits per heavy atom. The molecule has 0 aliphatic carbocycles. The van der Waals surface area contributed by atoms with Crippen LogP contribution in [0, 0.1) is 11.4 Å². The van der Waals surface area contributed by atoms with E-state index in [-0.39, 0.29) is 0 Å². The molecule has 2 aromatic rings. The van der Waals surface area contributed by atoms with Crippen molar-refractivity contribution in [3.63, 3.8) is 0 Å². The van der Waals surface area contributed by atoms with Crippen LogP contribution in [0.2, 0.25) is 0 Å². The molecule has 0 N–H and O–H groups in total. The highest BCUT2D eigenvalue weighted by Gasteiger charge is 1.96. The van der Waals surface area contributed by atoms with E-state index in [0.29, 0.717) is 0 Å². The second-order valence-corrected chi connectivity index (χ2v) is 3.62. The molecule has 0 fully saturated rings. The number of thiophene rings is 2. The van der Waals surface area contributed by atoms with Gasteiger partial charge in [0.2, 0.25) is 0 Å². The molecular weight excluding hydrogens is 160 g/mol. The molecule has 2 heteroatoms. The van der Waals surface area contributed by atoms with E-state index in [1.165, 1.54) is 9.75 Å². The van der Waals surface area contributed by atoms with E-state index in [1.807, 2.05) is 17.5 Å². The van der Waals surface area contributed by atoms with E-state index in [0.717, 1.165) is 0 Å². The molecule has 10 heavy (non-hydrogen) atoms. The lowest BCUT2D eigenvalue weighted by molar-refractivity contribution is 1.92. The van der Waals surface area contributed by atoms with Gasteiger partial charge in [-0.05, 0) is 29.6 Å². The predicted molar refractivity (Wildman–Crippen MR) is 45.3 cm³/mol. The number of hydrogen-bond donors (Lipinski definition) is 0. The van der Waals surface area contributed by atoms with Gasteiger partial charge in [0.1, 0.15) is 0 Å². The Morgan fingerprint density at radius 3 is 2.90 bits per heavy atom. The quantitative estimate of drug-likeness (QED) is 0.607. The van der Waals surface area contributed by atoms with Gasteiger partial charge in [-0.25, -0.2) is 0 Å². The number of hydrogen-bond acceptors (Lipinski definition) is 2. The molecule has 2 aromatic heterocycles. The minimum absolute atomic E-state index is 1.28. The fraction of sp³-hybridized carbons (Fsp3) is 0. The summed E-state index contributed by atoms with van der Waals surface area (Å²) in [6.07, 6.45) is 0. The summed E-state index contributed by atoms with van der Waals surface area (Å²) < 4.78 is 0. The van der Waals surface area contributed by atoms with Crippen molar-refractivity contribution in [2.75, 3.05) is 0 Å². The van der Waals surface area contributed by atoms with Crippen molar-refractivity contribution in [3.05, 3.63) is 35.0 Å². The Morgan fingerprint density at radius 1 is 1.30 bits per heavy atom. The lowest BCUT2D eigenvalue weighted by atomic mass is 10.4. The summed E-state index contributed by atoms with van der Waals surface area (Å²) in [5.74, 6) is 0. The minimum Gasteiger partial charge on any atom is -0.142 e. The molecule has 0 aliphatic rings. The van der Waals surface area contributed by atoms with Gasteiger partial charge in [0.05, 0.1) is 0 Å².